The van der Waals surface area contributed by atoms with Crippen molar-refractivity contribution in [2.75, 3.05) is 17.1 Å². The maximum atomic E-state index is 12.2. The van der Waals surface area contributed by atoms with Crippen molar-refractivity contribution in [3.8, 4) is 0 Å². The molecule has 0 aliphatic rings. The van der Waals surface area contributed by atoms with Gasteiger partial charge >= 0.3 is 0 Å². The van der Waals surface area contributed by atoms with Gasteiger partial charge in [0.25, 0.3) is 5.91 Å². The normalized spacial score (nSPS) is 11.6. The van der Waals surface area contributed by atoms with Gasteiger partial charge in [-0.3, -0.25) is 9.10 Å². The number of sulfonamides is 1. The highest BCUT2D eigenvalue weighted by atomic mass is 35.5. The summed E-state index contributed by atoms with van der Waals surface area (Å²) in [5.41, 5.74) is 3.57. The minimum atomic E-state index is -3.65. The first-order valence-corrected chi connectivity index (χ1v) is 10.6. The Morgan fingerprint density at radius 1 is 1.07 bits per heavy atom. The number of rotatable bonds is 6. The lowest BCUT2D eigenvalue weighted by Gasteiger charge is -2.21. The minimum absolute atomic E-state index is 0.347. The van der Waals surface area contributed by atoms with Gasteiger partial charge in [-0.25, -0.2) is 13.8 Å². The molecule has 3 rings (SSSR count). The number of hydrogen-bond donors (Lipinski definition) is 1. The number of carbonyl (C=O) groups is 1. The molecular formula is C20H18ClN3O3S. The van der Waals surface area contributed by atoms with E-state index in [9.17, 15) is 13.2 Å². The summed E-state index contributed by atoms with van der Waals surface area (Å²) in [7, 11) is -3.65. The predicted molar refractivity (Wildman–Crippen MR) is 113 cm³/mol. The lowest BCUT2D eigenvalue weighted by atomic mass is 10.1. The van der Waals surface area contributed by atoms with E-state index in [4.69, 9.17) is 11.6 Å². The predicted octanol–water partition coefficient (Wildman–Crippen LogP) is 3.41. The zero-order valence-corrected chi connectivity index (χ0v) is 16.6. The van der Waals surface area contributed by atoms with Crippen LogP contribution in [0.2, 0.25) is 5.02 Å². The van der Waals surface area contributed by atoms with Gasteiger partial charge in [0.15, 0.2) is 0 Å². The van der Waals surface area contributed by atoms with Crippen LogP contribution in [-0.4, -0.2) is 33.3 Å². The lowest BCUT2D eigenvalue weighted by molar-refractivity contribution is -0.119. The zero-order chi connectivity index (χ0) is 20.1. The second-order valence-electron chi connectivity index (χ2n) is 6.11. The summed E-state index contributed by atoms with van der Waals surface area (Å²) in [5.74, 6) is -0.558. The molecule has 3 aromatic rings. The smallest absolute Gasteiger partial charge is 0.260 e. The van der Waals surface area contributed by atoms with Crippen LogP contribution in [0, 0.1) is 0 Å². The third kappa shape index (κ3) is 4.88. The van der Waals surface area contributed by atoms with E-state index >= 15 is 0 Å². The van der Waals surface area contributed by atoms with Crippen molar-refractivity contribution in [1.82, 2.24) is 5.43 Å². The average molecular weight is 416 g/mol. The van der Waals surface area contributed by atoms with Crippen molar-refractivity contribution < 1.29 is 13.2 Å². The molecule has 0 aliphatic heterocycles. The average Bonchev–Trinajstić information content (AvgIpc) is 2.66. The molecule has 28 heavy (non-hydrogen) atoms. The molecule has 0 aromatic heterocycles. The Kier molecular flexibility index (Phi) is 5.96. The Balaban J connectivity index is 1.73. The maximum absolute atomic E-state index is 12.2. The van der Waals surface area contributed by atoms with Gasteiger partial charge in [-0.2, -0.15) is 5.10 Å². The number of benzene rings is 3. The quantitative estimate of drug-likeness (QED) is 0.495. The third-order valence-corrected chi connectivity index (χ3v) is 5.41. The Morgan fingerprint density at radius 3 is 2.46 bits per heavy atom. The van der Waals surface area contributed by atoms with Crippen LogP contribution in [0.3, 0.4) is 0 Å². The third-order valence-electron chi connectivity index (χ3n) is 4.02. The standard InChI is InChI=1S/C20H18ClN3O3S/c1-28(26,27)24(18-11-9-17(21)10-12-18)14-20(25)23-22-13-16-7-4-6-15-5-2-3-8-19(15)16/h2-13H,14H2,1H3,(H,23,25)/b22-13-. The molecule has 0 atom stereocenters. The Labute approximate surface area is 168 Å². The van der Waals surface area contributed by atoms with E-state index in [1.54, 1.807) is 12.1 Å². The van der Waals surface area contributed by atoms with Crippen LogP contribution in [0.4, 0.5) is 5.69 Å². The van der Waals surface area contributed by atoms with E-state index in [2.05, 4.69) is 10.5 Å². The number of hydrogen-bond acceptors (Lipinski definition) is 4. The van der Waals surface area contributed by atoms with E-state index in [0.29, 0.717) is 10.7 Å². The van der Waals surface area contributed by atoms with Crippen molar-refractivity contribution in [1.29, 1.82) is 0 Å². The molecular weight excluding hydrogens is 398 g/mol. The SMILES string of the molecule is CS(=O)(=O)N(CC(=O)N/N=C\c1cccc2ccccc12)c1ccc(Cl)cc1. The molecule has 6 nitrogen and oxygen atoms in total. The summed E-state index contributed by atoms with van der Waals surface area (Å²) < 4.78 is 25.1. The molecule has 0 spiro atoms. The van der Waals surface area contributed by atoms with Crippen molar-refractivity contribution in [3.63, 3.8) is 0 Å². The monoisotopic (exact) mass is 415 g/mol. The number of halogens is 1. The second-order valence-corrected chi connectivity index (χ2v) is 8.45. The van der Waals surface area contributed by atoms with Gasteiger partial charge in [0.2, 0.25) is 10.0 Å². The van der Waals surface area contributed by atoms with Crippen LogP contribution in [0.15, 0.2) is 71.8 Å². The number of anilines is 1. The summed E-state index contributed by atoms with van der Waals surface area (Å²) in [6, 6.07) is 19.8. The van der Waals surface area contributed by atoms with Crippen LogP contribution in [0.1, 0.15) is 5.56 Å². The zero-order valence-electron chi connectivity index (χ0n) is 15.0. The fraction of sp³-hybridized carbons (Fsp3) is 0.100. The van der Waals surface area contributed by atoms with Crippen LogP contribution in [0.25, 0.3) is 10.8 Å². The highest BCUT2D eigenvalue weighted by Gasteiger charge is 2.20. The van der Waals surface area contributed by atoms with Gasteiger partial charge in [0.05, 0.1) is 18.2 Å². The molecule has 1 N–H and O–H groups in total. The molecule has 1 amide bonds. The van der Waals surface area contributed by atoms with Crippen molar-refractivity contribution in [3.05, 3.63) is 77.3 Å². The van der Waals surface area contributed by atoms with Crippen LogP contribution in [0.5, 0.6) is 0 Å². The van der Waals surface area contributed by atoms with E-state index in [1.165, 1.54) is 18.3 Å². The second kappa shape index (κ2) is 8.41. The Bertz CT molecular complexity index is 1120. The molecule has 0 saturated carbocycles. The summed E-state index contributed by atoms with van der Waals surface area (Å²) >= 11 is 5.84. The molecule has 0 bridgehead atoms. The lowest BCUT2D eigenvalue weighted by Crippen LogP contribution is -2.39. The van der Waals surface area contributed by atoms with Gasteiger partial charge in [-0.1, -0.05) is 54.1 Å². The van der Waals surface area contributed by atoms with Gasteiger partial charge in [0.1, 0.15) is 6.54 Å². The summed E-state index contributed by atoms with van der Waals surface area (Å²) in [4.78, 5) is 12.2. The maximum Gasteiger partial charge on any atom is 0.260 e. The highest BCUT2D eigenvalue weighted by Crippen LogP contribution is 2.20. The highest BCUT2D eigenvalue weighted by molar-refractivity contribution is 7.92. The summed E-state index contributed by atoms with van der Waals surface area (Å²) in [6.45, 7) is -0.395. The first-order chi connectivity index (χ1) is 13.3. The molecule has 0 fully saturated rings. The van der Waals surface area contributed by atoms with E-state index in [1.807, 2.05) is 42.5 Å². The van der Waals surface area contributed by atoms with E-state index in [0.717, 1.165) is 26.9 Å². The van der Waals surface area contributed by atoms with E-state index < -0.39 is 22.5 Å². The van der Waals surface area contributed by atoms with Gasteiger partial charge in [-0.15, -0.1) is 0 Å². The van der Waals surface area contributed by atoms with Crippen molar-refractivity contribution in [2.24, 2.45) is 5.10 Å². The molecule has 144 valence electrons. The first kappa shape index (κ1) is 19.9. The van der Waals surface area contributed by atoms with Gasteiger partial charge in [0, 0.05) is 10.6 Å². The number of carbonyl (C=O) groups excluding carboxylic acids is 1. The van der Waals surface area contributed by atoms with Crippen LogP contribution >= 0.6 is 11.6 Å². The molecule has 0 radical (unpaired) electrons. The fourth-order valence-corrected chi connectivity index (χ4v) is 3.69. The van der Waals surface area contributed by atoms with Gasteiger partial charge < -0.3 is 0 Å². The largest absolute Gasteiger partial charge is 0.271 e. The number of amides is 1. The molecule has 0 saturated heterocycles. The minimum Gasteiger partial charge on any atom is -0.271 e. The van der Waals surface area contributed by atoms with Crippen LogP contribution in [-0.2, 0) is 14.8 Å². The number of nitrogens with one attached hydrogen (secondary N) is 1. The van der Waals surface area contributed by atoms with Gasteiger partial charge in [-0.05, 0) is 35.0 Å². The molecule has 8 heteroatoms. The first-order valence-electron chi connectivity index (χ1n) is 8.37. The van der Waals surface area contributed by atoms with Crippen molar-refractivity contribution >= 4 is 50.2 Å². The van der Waals surface area contributed by atoms with Crippen LogP contribution < -0.4 is 9.73 Å². The fourth-order valence-electron chi connectivity index (χ4n) is 2.71. The number of fused-ring (bicyclic) bond motifs is 1. The molecule has 0 unspecified atom stereocenters. The summed E-state index contributed by atoms with van der Waals surface area (Å²) in [5, 5.41) is 6.50. The number of nitrogens with zero attached hydrogens (tertiary/aromatic N) is 2. The Morgan fingerprint density at radius 2 is 1.75 bits per heavy atom. The topological polar surface area (TPSA) is 78.8 Å². The molecule has 3 aromatic carbocycles. The molecule has 0 aliphatic carbocycles. The van der Waals surface area contributed by atoms with E-state index in [-0.39, 0.29) is 0 Å². The number of hydrazone groups is 1. The summed E-state index contributed by atoms with van der Waals surface area (Å²) in [6.07, 6.45) is 2.57. The molecule has 0 heterocycles. The Hall–Kier alpha value is -2.90. The van der Waals surface area contributed by atoms with Crippen molar-refractivity contribution in [2.45, 2.75) is 0 Å².